The SMILES string of the molecule is Cc1cc(C=CC(=O)O)ccc1NC(=O)C1CCSC1. The van der Waals surface area contributed by atoms with E-state index in [0.717, 1.165) is 40.8 Å². The van der Waals surface area contributed by atoms with Gasteiger partial charge in [-0.25, -0.2) is 4.79 Å². The highest BCUT2D eigenvalue weighted by Gasteiger charge is 2.23. The van der Waals surface area contributed by atoms with Crippen molar-refractivity contribution in [2.45, 2.75) is 13.3 Å². The maximum Gasteiger partial charge on any atom is 0.328 e. The quantitative estimate of drug-likeness (QED) is 0.837. The van der Waals surface area contributed by atoms with E-state index in [9.17, 15) is 9.59 Å². The number of aryl methyl sites for hydroxylation is 1. The molecule has 1 unspecified atom stereocenters. The number of carboxylic acids is 1. The molecule has 1 aliphatic heterocycles. The van der Waals surface area contributed by atoms with Gasteiger partial charge in [-0.15, -0.1) is 0 Å². The third-order valence-corrected chi connectivity index (χ3v) is 4.39. The predicted molar refractivity (Wildman–Crippen MR) is 81.9 cm³/mol. The predicted octanol–water partition coefficient (Wildman–Crippen LogP) is 2.78. The van der Waals surface area contributed by atoms with Crippen LogP contribution in [-0.4, -0.2) is 28.5 Å². The molecule has 106 valence electrons. The molecule has 1 aliphatic rings. The molecule has 0 bridgehead atoms. The minimum Gasteiger partial charge on any atom is -0.478 e. The van der Waals surface area contributed by atoms with E-state index in [1.807, 2.05) is 30.8 Å². The number of aliphatic carboxylic acids is 1. The van der Waals surface area contributed by atoms with Crippen LogP contribution in [0.5, 0.6) is 0 Å². The molecule has 1 amide bonds. The lowest BCUT2D eigenvalue weighted by Crippen LogP contribution is -2.22. The third kappa shape index (κ3) is 3.87. The van der Waals surface area contributed by atoms with Crippen LogP contribution in [-0.2, 0) is 9.59 Å². The second-order valence-corrected chi connectivity index (χ2v) is 5.95. The van der Waals surface area contributed by atoms with Crippen molar-refractivity contribution in [3.8, 4) is 0 Å². The Bertz CT molecular complexity index is 548. The second kappa shape index (κ2) is 6.61. The Balaban J connectivity index is 2.05. The van der Waals surface area contributed by atoms with Gasteiger partial charge >= 0.3 is 5.97 Å². The summed E-state index contributed by atoms with van der Waals surface area (Å²) in [6.45, 7) is 1.90. The first-order valence-corrected chi connectivity index (χ1v) is 7.62. The van der Waals surface area contributed by atoms with Crippen molar-refractivity contribution in [3.05, 3.63) is 35.4 Å². The average molecular weight is 291 g/mol. The zero-order chi connectivity index (χ0) is 14.5. The van der Waals surface area contributed by atoms with E-state index in [1.165, 1.54) is 6.08 Å². The first-order valence-electron chi connectivity index (χ1n) is 6.46. The number of carbonyl (C=O) groups is 2. The lowest BCUT2D eigenvalue weighted by molar-refractivity contribution is -0.131. The van der Waals surface area contributed by atoms with E-state index in [2.05, 4.69) is 5.32 Å². The third-order valence-electron chi connectivity index (χ3n) is 3.23. The number of thioether (sulfide) groups is 1. The fourth-order valence-corrected chi connectivity index (χ4v) is 3.29. The van der Waals surface area contributed by atoms with E-state index in [-0.39, 0.29) is 11.8 Å². The van der Waals surface area contributed by atoms with Crippen LogP contribution in [0.15, 0.2) is 24.3 Å². The van der Waals surface area contributed by atoms with E-state index in [4.69, 9.17) is 5.11 Å². The molecule has 1 saturated heterocycles. The number of carbonyl (C=O) groups excluding carboxylic acids is 1. The molecular formula is C15H17NO3S. The molecule has 1 atom stereocenters. The zero-order valence-electron chi connectivity index (χ0n) is 11.3. The van der Waals surface area contributed by atoms with Crippen molar-refractivity contribution in [2.24, 2.45) is 5.92 Å². The Labute approximate surface area is 122 Å². The summed E-state index contributed by atoms with van der Waals surface area (Å²) in [5, 5.41) is 11.5. The Morgan fingerprint density at radius 1 is 1.45 bits per heavy atom. The summed E-state index contributed by atoms with van der Waals surface area (Å²) < 4.78 is 0. The van der Waals surface area contributed by atoms with Crippen molar-refractivity contribution in [1.82, 2.24) is 0 Å². The van der Waals surface area contributed by atoms with E-state index < -0.39 is 5.97 Å². The second-order valence-electron chi connectivity index (χ2n) is 4.80. The Morgan fingerprint density at radius 2 is 2.25 bits per heavy atom. The molecule has 1 heterocycles. The first-order chi connectivity index (χ1) is 9.56. The summed E-state index contributed by atoms with van der Waals surface area (Å²) in [4.78, 5) is 22.5. The Kier molecular flexibility index (Phi) is 4.84. The number of benzene rings is 1. The molecule has 0 aromatic heterocycles. The molecule has 2 N–H and O–H groups in total. The highest BCUT2D eigenvalue weighted by atomic mass is 32.2. The molecule has 1 aromatic rings. The number of anilines is 1. The number of amides is 1. The molecule has 0 aliphatic carbocycles. The fraction of sp³-hybridized carbons (Fsp3) is 0.333. The van der Waals surface area contributed by atoms with Crippen molar-refractivity contribution in [2.75, 3.05) is 16.8 Å². The first kappa shape index (κ1) is 14.7. The Morgan fingerprint density at radius 3 is 2.85 bits per heavy atom. The zero-order valence-corrected chi connectivity index (χ0v) is 12.1. The van der Waals surface area contributed by atoms with Gasteiger partial charge in [-0.2, -0.15) is 11.8 Å². The number of rotatable bonds is 4. The van der Waals surface area contributed by atoms with Gasteiger partial charge in [0.25, 0.3) is 0 Å². The largest absolute Gasteiger partial charge is 0.478 e. The summed E-state index contributed by atoms with van der Waals surface area (Å²) in [6.07, 6.45) is 3.58. The van der Waals surface area contributed by atoms with Gasteiger partial charge in [0.1, 0.15) is 0 Å². The van der Waals surface area contributed by atoms with Gasteiger partial charge in [-0.1, -0.05) is 6.07 Å². The maximum absolute atomic E-state index is 12.1. The van der Waals surface area contributed by atoms with Crippen LogP contribution in [0.3, 0.4) is 0 Å². The van der Waals surface area contributed by atoms with E-state index >= 15 is 0 Å². The van der Waals surface area contributed by atoms with Crippen molar-refractivity contribution in [3.63, 3.8) is 0 Å². The molecular weight excluding hydrogens is 274 g/mol. The van der Waals surface area contributed by atoms with Crippen LogP contribution in [0.25, 0.3) is 6.08 Å². The minimum absolute atomic E-state index is 0.0759. The topological polar surface area (TPSA) is 66.4 Å². The smallest absolute Gasteiger partial charge is 0.328 e. The minimum atomic E-state index is -0.973. The van der Waals surface area contributed by atoms with Gasteiger partial charge in [-0.05, 0) is 48.4 Å². The van der Waals surface area contributed by atoms with E-state index in [1.54, 1.807) is 6.07 Å². The van der Waals surface area contributed by atoms with Crippen LogP contribution in [0, 0.1) is 12.8 Å². The monoisotopic (exact) mass is 291 g/mol. The van der Waals surface area contributed by atoms with Crippen molar-refractivity contribution in [1.29, 1.82) is 0 Å². The van der Waals surface area contributed by atoms with Gasteiger partial charge in [0.2, 0.25) is 5.91 Å². The number of hydrogen-bond acceptors (Lipinski definition) is 3. The summed E-state index contributed by atoms with van der Waals surface area (Å²) in [5.74, 6) is 1.15. The number of carboxylic acid groups (broad SMARTS) is 1. The summed E-state index contributed by atoms with van der Waals surface area (Å²) in [6, 6.07) is 5.47. The van der Waals surface area contributed by atoms with Crippen LogP contribution in [0.4, 0.5) is 5.69 Å². The molecule has 5 heteroatoms. The highest BCUT2D eigenvalue weighted by molar-refractivity contribution is 7.99. The molecule has 1 aromatic carbocycles. The molecule has 0 spiro atoms. The molecule has 20 heavy (non-hydrogen) atoms. The van der Waals surface area contributed by atoms with Crippen LogP contribution >= 0.6 is 11.8 Å². The number of hydrogen-bond donors (Lipinski definition) is 2. The van der Waals surface area contributed by atoms with Crippen molar-refractivity contribution >= 4 is 35.4 Å². The molecule has 0 saturated carbocycles. The lowest BCUT2D eigenvalue weighted by Gasteiger charge is -2.12. The molecule has 2 rings (SSSR count). The van der Waals surface area contributed by atoms with Crippen molar-refractivity contribution < 1.29 is 14.7 Å². The van der Waals surface area contributed by atoms with Gasteiger partial charge in [0.05, 0.1) is 0 Å². The average Bonchev–Trinajstić information content (AvgIpc) is 2.93. The van der Waals surface area contributed by atoms with Gasteiger partial charge in [0.15, 0.2) is 0 Å². The fourth-order valence-electron chi connectivity index (χ4n) is 2.07. The Hall–Kier alpha value is -1.75. The van der Waals surface area contributed by atoms with E-state index in [0.29, 0.717) is 0 Å². The van der Waals surface area contributed by atoms with Gasteiger partial charge in [0, 0.05) is 23.4 Å². The summed E-state index contributed by atoms with van der Waals surface area (Å²) in [5.41, 5.74) is 2.52. The maximum atomic E-state index is 12.1. The van der Waals surface area contributed by atoms with Crippen LogP contribution < -0.4 is 5.32 Å². The van der Waals surface area contributed by atoms with Crippen LogP contribution in [0.2, 0.25) is 0 Å². The molecule has 4 nitrogen and oxygen atoms in total. The standard InChI is InChI=1S/C15H17NO3S/c1-10-8-11(3-5-14(17)18)2-4-13(10)16-15(19)12-6-7-20-9-12/h2-5,8,12H,6-7,9H2,1H3,(H,16,19)(H,17,18). The number of nitrogens with one attached hydrogen (secondary N) is 1. The van der Waals surface area contributed by atoms with Crippen LogP contribution in [0.1, 0.15) is 17.5 Å². The summed E-state index contributed by atoms with van der Waals surface area (Å²) in [7, 11) is 0. The van der Waals surface area contributed by atoms with Gasteiger partial charge in [-0.3, -0.25) is 4.79 Å². The molecule has 0 radical (unpaired) electrons. The summed E-state index contributed by atoms with van der Waals surface area (Å²) >= 11 is 1.81. The molecule has 1 fully saturated rings. The normalized spacial score (nSPS) is 18.4. The van der Waals surface area contributed by atoms with Gasteiger partial charge < -0.3 is 10.4 Å². The highest BCUT2D eigenvalue weighted by Crippen LogP contribution is 2.25. The lowest BCUT2D eigenvalue weighted by atomic mass is 10.1.